The molecule has 2 heteroatoms. The topological polar surface area (TPSA) is 12.9 Å². The summed E-state index contributed by atoms with van der Waals surface area (Å²) in [6.45, 7) is 42.5. The molecule has 0 amide bonds. The van der Waals surface area contributed by atoms with E-state index in [9.17, 15) is 4.39 Å². The molecule has 3 aromatic rings. The van der Waals surface area contributed by atoms with Crippen molar-refractivity contribution in [1.29, 1.82) is 0 Å². The smallest absolute Gasteiger partial charge is 0.126 e. The van der Waals surface area contributed by atoms with Crippen molar-refractivity contribution in [2.75, 3.05) is 0 Å². The lowest BCUT2D eigenvalue weighted by Crippen LogP contribution is -2.12. The summed E-state index contributed by atoms with van der Waals surface area (Å²) in [5, 5.41) is 0. The Morgan fingerprint density at radius 3 is 1.18 bits per heavy atom. The molecule has 3 rings (SSSR count). The van der Waals surface area contributed by atoms with Crippen LogP contribution in [0.15, 0.2) is 48.7 Å². The molecule has 0 unspecified atom stereocenters. The maximum absolute atomic E-state index is 13.4. The first-order chi connectivity index (χ1) is 20.5. The number of aryl methyl sites for hydroxylation is 4. The molecule has 0 bridgehead atoms. The second-order valence-corrected chi connectivity index (χ2v) is 15.3. The molecule has 45 heavy (non-hydrogen) atoms. The van der Waals surface area contributed by atoms with E-state index in [2.05, 4.69) is 159 Å². The molecule has 0 saturated heterocycles. The number of nitrogens with zero attached hydrogens (tertiary/aromatic N) is 1. The van der Waals surface area contributed by atoms with Crippen LogP contribution in [0.3, 0.4) is 0 Å². The molecule has 0 aliphatic carbocycles. The highest BCUT2D eigenvalue weighted by molar-refractivity contribution is 5.35. The van der Waals surface area contributed by atoms with Crippen LogP contribution in [-0.2, 0) is 16.2 Å². The van der Waals surface area contributed by atoms with Crippen molar-refractivity contribution in [2.45, 2.75) is 174 Å². The maximum Gasteiger partial charge on any atom is 0.126 e. The molecule has 0 spiro atoms. The SMILES string of the molecule is CCC.CCC.CCC.Cc1cc(C(C)(C)C)cc(F)c1C.Cc1ccc(C(C)(C)C)cc1C.Cc1ccc(C(C)(C)C)cn1. The quantitative estimate of drug-likeness (QED) is 0.243. The van der Waals surface area contributed by atoms with E-state index in [4.69, 9.17) is 0 Å². The lowest BCUT2D eigenvalue weighted by molar-refractivity contribution is 0.567. The van der Waals surface area contributed by atoms with Crippen molar-refractivity contribution >= 4 is 0 Å². The Hall–Kier alpha value is -2.48. The van der Waals surface area contributed by atoms with Crippen LogP contribution in [0.4, 0.5) is 4.39 Å². The van der Waals surface area contributed by atoms with Gasteiger partial charge in [0, 0.05) is 11.9 Å². The van der Waals surface area contributed by atoms with Crippen LogP contribution in [0.2, 0.25) is 0 Å². The molecule has 0 N–H and O–H groups in total. The molecule has 2 aromatic carbocycles. The minimum Gasteiger partial charge on any atom is -0.261 e. The van der Waals surface area contributed by atoms with Gasteiger partial charge < -0.3 is 0 Å². The molecule has 1 heterocycles. The molecule has 0 fully saturated rings. The Balaban J connectivity index is -0.000000519. The number of hydrogen-bond acceptors (Lipinski definition) is 1. The third-order valence-corrected chi connectivity index (χ3v) is 6.62. The predicted octanol–water partition coefficient (Wildman–Crippen LogP) is 14.3. The minimum atomic E-state index is -0.0927. The predicted molar refractivity (Wildman–Crippen MR) is 205 cm³/mol. The summed E-state index contributed by atoms with van der Waals surface area (Å²) in [5.41, 5.74) is 9.95. The Morgan fingerprint density at radius 1 is 0.489 bits per heavy atom. The van der Waals surface area contributed by atoms with Gasteiger partial charge in [0.15, 0.2) is 0 Å². The largest absolute Gasteiger partial charge is 0.261 e. The van der Waals surface area contributed by atoms with Crippen LogP contribution in [0.25, 0.3) is 0 Å². The van der Waals surface area contributed by atoms with Gasteiger partial charge in [-0.25, -0.2) is 4.39 Å². The molecule has 1 nitrogen and oxygen atoms in total. The van der Waals surface area contributed by atoms with Crippen molar-refractivity contribution in [3.05, 3.63) is 99.1 Å². The van der Waals surface area contributed by atoms with Crippen LogP contribution in [0.5, 0.6) is 0 Å². The first-order valence-electron chi connectivity index (χ1n) is 17.3. The number of hydrogen-bond donors (Lipinski definition) is 0. The first-order valence-corrected chi connectivity index (χ1v) is 17.3. The minimum absolute atomic E-state index is 0.0271. The summed E-state index contributed by atoms with van der Waals surface area (Å²) in [6, 6.07) is 14.6. The highest BCUT2D eigenvalue weighted by Crippen LogP contribution is 2.26. The molecule has 0 saturated carbocycles. The van der Waals surface area contributed by atoms with Gasteiger partial charge in [-0.15, -0.1) is 0 Å². The van der Waals surface area contributed by atoms with Gasteiger partial charge in [0.25, 0.3) is 0 Å². The van der Waals surface area contributed by atoms with E-state index in [0.717, 1.165) is 22.4 Å². The van der Waals surface area contributed by atoms with E-state index < -0.39 is 0 Å². The zero-order chi connectivity index (χ0) is 36.2. The van der Waals surface area contributed by atoms with E-state index in [0.29, 0.717) is 0 Å². The van der Waals surface area contributed by atoms with Crippen molar-refractivity contribution < 1.29 is 4.39 Å². The molecular formula is C43H74FN. The highest BCUT2D eigenvalue weighted by atomic mass is 19.1. The Morgan fingerprint density at radius 2 is 0.867 bits per heavy atom. The summed E-state index contributed by atoms with van der Waals surface area (Å²) in [5.74, 6) is -0.0927. The zero-order valence-electron chi connectivity index (χ0n) is 33.6. The van der Waals surface area contributed by atoms with E-state index >= 15 is 0 Å². The number of benzene rings is 2. The average Bonchev–Trinajstić information content (AvgIpc) is 2.89. The van der Waals surface area contributed by atoms with Gasteiger partial charge in [0.2, 0.25) is 0 Å². The first kappa shape index (κ1) is 46.9. The molecule has 1 aromatic heterocycles. The van der Waals surface area contributed by atoms with Gasteiger partial charge in [-0.1, -0.05) is 153 Å². The Kier molecular flexibility index (Phi) is 23.9. The zero-order valence-corrected chi connectivity index (χ0v) is 33.6. The van der Waals surface area contributed by atoms with Crippen LogP contribution >= 0.6 is 0 Å². The van der Waals surface area contributed by atoms with Crippen LogP contribution < -0.4 is 0 Å². The number of aromatic nitrogens is 1. The van der Waals surface area contributed by atoms with Gasteiger partial charge >= 0.3 is 0 Å². The van der Waals surface area contributed by atoms with Gasteiger partial charge in [-0.3, -0.25) is 4.98 Å². The summed E-state index contributed by atoms with van der Waals surface area (Å²) < 4.78 is 13.4. The summed E-state index contributed by atoms with van der Waals surface area (Å²) in [4.78, 5) is 4.25. The lowest BCUT2D eigenvalue weighted by atomic mass is 9.85. The molecule has 0 aliphatic rings. The van der Waals surface area contributed by atoms with Crippen molar-refractivity contribution in [3.63, 3.8) is 0 Å². The van der Waals surface area contributed by atoms with Crippen molar-refractivity contribution in [2.24, 2.45) is 0 Å². The highest BCUT2D eigenvalue weighted by Gasteiger charge is 2.16. The van der Waals surface area contributed by atoms with Crippen molar-refractivity contribution in [3.8, 4) is 0 Å². The maximum atomic E-state index is 13.4. The Labute approximate surface area is 281 Å². The fraction of sp³-hybridized carbons (Fsp3) is 0.605. The third-order valence-electron chi connectivity index (χ3n) is 6.62. The normalized spacial score (nSPS) is 10.6. The summed E-state index contributed by atoms with van der Waals surface area (Å²) >= 11 is 0. The van der Waals surface area contributed by atoms with Gasteiger partial charge in [-0.2, -0.15) is 0 Å². The number of halogens is 1. The van der Waals surface area contributed by atoms with Gasteiger partial charge in [-0.05, 0) is 102 Å². The Bertz CT molecular complexity index is 1140. The molecule has 0 aliphatic heterocycles. The molecule has 258 valence electrons. The monoisotopic (exact) mass is 624 g/mol. The van der Waals surface area contributed by atoms with Crippen molar-refractivity contribution in [1.82, 2.24) is 4.98 Å². The molecular weight excluding hydrogens is 549 g/mol. The van der Waals surface area contributed by atoms with Crippen LogP contribution in [0.1, 0.15) is 168 Å². The summed E-state index contributed by atoms with van der Waals surface area (Å²) in [6.07, 6.45) is 5.70. The lowest BCUT2D eigenvalue weighted by Gasteiger charge is -2.20. The van der Waals surface area contributed by atoms with Gasteiger partial charge in [0.05, 0.1) is 0 Å². The third kappa shape index (κ3) is 21.8. The second kappa shape index (κ2) is 22.9. The molecule has 0 atom stereocenters. The standard InChI is InChI=1S/C12H17F.C12H18.C10H15N.3C3H8/c1-8-6-10(12(3,4)5)7-11(13)9(8)2;1-9-6-7-11(8-10(9)2)12(3,4)5;1-8-5-6-9(7-11-8)10(2,3)4;3*1-3-2/h6-7H,1-5H3;6-8H,1-5H3;5-7H,1-4H3;3*3H2,1-2H3. The fourth-order valence-corrected chi connectivity index (χ4v) is 3.37. The van der Waals surface area contributed by atoms with E-state index in [1.54, 1.807) is 6.07 Å². The molecule has 0 radical (unpaired) electrons. The van der Waals surface area contributed by atoms with Crippen LogP contribution in [-0.4, -0.2) is 4.98 Å². The fourth-order valence-electron chi connectivity index (χ4n) is 3.37. The second-order valence-electron chi connectivity index (χ2n) is 15.3. The van der Waals surface area contributed by atoms with E-state index in [1.807, 2.05) is 27.0 Å². The number of pyridine rings is 1. The van der Waals surface area contributed by atoms with E-state index in [1.165, 1.54) is 41.5 Å². The van der Waals surface area contributed by atoms with Crippen LogP contribution in [0, 0.1) is 40.4 Å². The van der Waals surface area contributed by atoms with E-state index in [-0.39, 0.29) is 22.1 Å². The van der Waals surface area contributed by atoms with Gasteiger partial charge in [0.1, 0.15) is 5.82 Å². The average molecular weight is 624 g/mol. The number of rotatable bonds is 0. The summed E-state index contributed by atoms with van der Waals surface area (Å²) in [7, 11) is 0.